The molecule has 10 nitrogen and oxygen atoms in total. The largest absolute Gasteiger partial charge is 0.358 e. The molecule has 1 saturated carbocycles. The molecule has 0 radical (unpaired) electrons. The van der Waals surface area contributed by atoms with E-state index in [0.717, 1.165) is 68.0 Å². The minimum Gasteiger partial charge on any atom is -0.358 e. The second kappa shape index (κ2) is 10.6. The number of aryl methyl sites for hydroxylation is 1. The van der Waals surface area contributed by atoms with Gasteiger partial charge in [0.25, 0.3) is 0 Å². The Bertz CT molecular complexity index is 1900. The van der Waals surface area contributed by atoms with Gasteiger partial charge in [0, 0.05) is 35.1 Å². The number of aromatic amines is 2. The summed E-state index contributed by atoms with van der Waals surface area (Å²) in [6, 6.07) is 4.00. The summed E-state index contributed by atoms with van der Waals surface area (Å²) in [7, 11) is 0. The van der Waals surface area contributed by atoms with E-state index in [2.05, 4.69) is 54.2 Å². The van der Waals surface area contributed by atoms with Crippen molar-refractivity contribution < 1.29 is 0 Å². The number of anilines is 1. The van der Waals surface area contributed by atoms with Gasteiger partial charge in [-0.3, -0.25) is 19.6 Å². The lowest BCUT2D eigenvalue weighted by molar-refractivity contribution is 0.357. The van der Waals surface area contributed by atoms with Crippen molar-refractivity contribution in [2.45, 2.75) is 45.4 Å². The maximum Gasteiger partial charge on any atom is 0.166 e. The number of hydrogen-bond acceptors (Lipinski definition) is 7. The van der Waals surface area contributed by atoms with E-state index in [1.807, 2.05) is 42.2 Å². The molecule has 206 valence electrons. The fourth-order valence-electron chi connectivity index (χ4n) is 5.84. The van der Waals surface area contributed by atoms with E-state index in [9.17, 15) is 0 Å². The summed E-state index contributed by atoms with van der Waals surface area (Å²) in [5.41, 5.74) is 6.99. The number of allylic oxidation sites excluding steroid dienone is 1. The molecule has 1 aliphatic carbocycles. The van der Waals surface area contributed by atoms with Crippen molar-refractivity contribution in [1.82, 2.24) is 39.7 Å². The third-order valence-corrected chi connectivity index (χ3v) is 7.85. The van der Waals surface area contributed by atoms with Crippen LogP contribution in [0.2, 0.25) is 0 Å². The third kappa shape index (κ3) is 5.08. The summed E-state index contributed by atoms with van der Waals surface area (Å²) < 4.78 is 1.88. The number of pyridine rings is 2. The van der Waals surface area contributed by atoms with Crippen LogP contribution in [0.3, 0.4) is 0 Å². The number of H-pyrrole nitrogens is 2. The molecule has 0 saturated heterocycles. The standard InChI is InChI=1S/C31H32N10/c1-19(12-21-6-4-3-5-7-21)36-23-13-22(15-32-16-23)27-14-24-25(8-10-33-27)39-40-28(24)30-37-26-9-11-34-31(29(26)38-30)41-17-20(2)35-18-41/h8-9,11,13-18,21,36,39H,1,3-7,10,12H2,2H3,(H,37,38). The van der Waals surface area contributed by atoms with Gasteiger partial charge in [0.15, 0.2) is 11.6 Å². The Balaban J connectivity index is 1.20. The Kier molecular flexibility index (Phi) is 6.50. The predicted octanol–water partition coefficient (Wildman–Crippen LogP) is 4.20. The van der Waals surface area contributed by atoms with E-state index in [4.69, 9.17) is 9.98 Å². The fraction of sp³-hybridized carbons (Fsp3) is 0.290. The van der Waals surface area contributed by atoms with Crippen molar-refractivity contribution in [2.75, 3.05) is 11.9 Å². The van der Waals surface area contributed by atoms with E-state index in [1.165, 1.54) is 32.1 Å². The Morgan fingerprint density at radius 1 is 1.17 bits per heavy atom. The van der Waals surface area contributed by atoms with Gasteiger partial charge >= 0.3 is 0 Å². The average Bonchev–Trinajstić information content (AvgIpc) is 3.68. The molecule has 1 fully saturated rings. The van der Waals surface area contributed by atoms with E-state index in [1.54, 1.807) is 12.5 Å². The lowest BCUT2D eigenvalue weighted by Crippen LogP contribution is -2.24. The lowest BCUT2D eigenvalue weighted by atomic mass is 9.86. The number of nitrogens with one attached hydrogen (secondary N) is 3. The summed E-state index contributed by atoms with van der Waals surface area (Å²) in [4.78, 5) is 26.6. The van der Waals surface area contributed by atoms with Crippen LogP contribution >= 0.6 is 0 Å². The van der Waals surface area contributed by atoms with Crippen LogP contribution in [0.5, 0.6) is 0 Å². The average molecular weight is 545 g/mol. The quantitative estimate of drug-likeness (QED) is 0.282. The normalized spacial score (nSPS) is 15.5. The second-order valence-corrected chi connectivity index (χ2v) is 10.9. The number of nitrogens with zero attached hydrogens (tertiary/aromatic N) is 7. The maximum atomic E-state index is 4.92. The van der Waals surface area contributed by atoms with Crippen molar-refractivity contribution in [1.29, 1.82) is 0 Å². The van der Waals surface area contributed by atoms with Crippen molar-refractivity contribution in [3.05, 3.63) is 77.3 Å². The van der Waals surface area contributed by atoms with Gasteiger partial charge in [-0.05, 0) is 43.5 Å². The Morgan fingerprint density at radius 2 is 2.07 bits per heavy atom. The smallest absolute Gasteiger partial charge is 0.166 e. The molecule has 3 N–H and O–H groups in total. The fourth-order valence-corrected chi connectivity index (χ4v) is 5.84. The zero-order chi connectivity index (χ0) is 27.8. The van der Waals surface area contributed by atoms with Gasteiger partial charge in [0.2, 0.25) is 0 Å². The molecule has 6 heterocycles. The van der Waals surface area contributed by atoms with Crippen LogP contribution in [-0.4, -0.2) is 51.9 Å². The van der Waals surface area contributed by atoms with E-state index >= 15 is 0 Å². The number of imidazole rings is 2. The Hall–Kier alpha value is -4.86. The molecule has 7 rings (SSSR count). The van der Waals surface area contributed by atoms with Crippen LogP contribution in [0.15, 0.2) is 60.5 Å². The van der Waals surface area contributed by atoms with Gasteiger partial charge in [0.1, 0.15) is 17.5 Å². The zero-order valence-corrected chi connectivity index (χ0v) is 23.1. The van der Waals surface area contributed by atoms with Crippen LogP contribution in [0.25, 0.3) is 40.5 Å². The van der Waals surface area contributed by atoms with Crippen molar-refractivity contribution >= 4 is 34.6 Å². The van der Waals surface area contributed by atoms with Crippen molar-refractivity contribution in [2.24, 2.45) is 10.9 Å². The highest BCUT2D eigenvalue weighted by Crippen LogP contribution is 2.29. The van der Waals surface area contributed by atoms with Crippen molar-refractivity contribution in [3.8, 4) is 17.3 Å². The minimum absolute atomic E-state index is 0.528. The number of hydrogen-bond donors (Lipinski definition) is 3. The van der Waals surface area contributed by atoms with E-state index < -0.39 is 0 Å². The van der Waals surface area contributed by atoms with Gasteiger partial charge in [-0.15, -0.1) is 0 Å². The number of rotatable bonds is 7. The highest BCUT2D eigenvalue weighted by Gasteiger charge is 2.17. The zero-order valence-electron chi connectivity index (χ0n) is 23.1. The summed E-state index contributed by atoms with van der Waals surface area (Å²) >= 11 is 0. The number of aromatic nitrogens is 8. The molecule has 0 spiro atoms. The molecule has 2 aliphatic rings. The summed E-state index contributed by atoms with van der Waals surface area (Å²) in [5.74, 6) is 2.09. The van der Waals surface area contributed by atoms with Crippen LogP contribution in [0.1, 0.15) is 49.8 Å². The highest BCUT2D eigenvalue weighted by molar-refractivity contribution is 6.21. The molecule has 5 aromatic heterocycles. The SMILES string of the molecule is C=C(CC1CCCCC1)Nc1cncc(C2=NCC=c3[nH]nc(-c4nc5c(-n6cnc(C)c6)nccc5[nH]4)c3=C2)c1. The molecule has 0 bridgehead atoms. The van der Waals surface area contributed by atoms with Crippen LogP contribution in [-0.2, 0) is 0 Å². The van der Waals surface area contributed by atoms with E-state index in [0.29, 0.717) is 18.2 Å². The molecule has 0 aromatic carbocycles. The first-order valence-electron chi connectivity index (χ1n) is 14.2. The predicted molar refractivity (Wildman–Crippen MR) is 161 cm³/mol. The molecule has 0 amide bonds. The van der Waals surface area contributed by atoms with Gasteiger partial charge in [0.05, 0.1) is 40.7 Å². The van der Waals surface area contributed by atoms with Crippen molar-refractivity contribution in [3.63, 3.8) is 0 Å². The Morgan fingerprint density at radius 3 is 2.93 bits per heavy atom. The first-order chi connectivity index (χ1) is 20.1. The highest BCUT2D eigenvalue weighted by atomic mass is 15.2. The topological polar surface area (TPSA) is 125 Å². The lowest BCUT2D eigenvalue weighted by Gasteiger charge is -2.22. The Labute approximate surface area is 237 Å². The molecular formula is C31H32N10. The minimum atomic E-state index is 0.528. The molecule has 5 aromatic rings. The molecule has 0 atom stereocenters. The molecule has 41 heavy (non-hydrogen) atoms. The number of aliphatic imine (C=N–C) groups is 1. The summed E-state index contributed by atoms with van der Waals surface area (Å²) in [6.45, 7) is 6.78. The van der Waals surface area contributed by atoms with Gasteiger partial charge in [-0.2, -0.15) is 5.10 Å². The maximum absolute atomic E-state index is 4.92. The summed E-state index contributed by atoms with van der Waals surface area (Å²) in [6.07, 6.45) is 20.9. The van der Waals surface area contributed by atoms with Crippen LogP contribution < -0.4 is 15.9 Å². The van der Waals surface area contributed by atoms with E-state index in [-0.39, 0.29) is 0 Å². The molecule has 1 aliphatic heterocycles. The van der Waals surface area contributed by atoms with Crippen LogP contribution in [0, 0.1) is 12.8 Å². The molecule has 10 heteroatoms. The molecular weight excluding hydrogens is 512 g/mol. The van der Waals surface area contributed by atoms with Gasteiger partial charge in [-0.1, -0.05) is 38.7 Å². The first-order valence-corrected chi connectivity index (χ1v) is 14.2. The monoisotopic (exact) mass is 544 g/mol. The second-order valence-electron chi connectivity index (χ2n) is 10.9. The summed E-state index contributed by atoms with van der Waals surface area (Å²) in [5, 5.41) is 13.1. The van der Waals surface area contributed by atoms with Crippen LogP contribution in [0.4, 0.5) is 5.69 Å². The molecule has 0 unspecified atom stereocenters. The van der Waals surface area contributed by atoms with Gasteiger partial charge < -0.3 is 10.3 Å². The number of fused-ring (bicyclic) bond motifs is 2. The first kappa shape index (κ1) is 25.1. The third-order valence-electron chi connectivity index (χ3n) is 7.85. The van der Waals surface area contributed by atoms with Gasteiger partial charge in [-0.25, -0.2) is 15.0 Å².